The lowest BCUT2D eigenvalue weighted by Gasteiger charge is -2.52. The molecule has 0 saturated carbocycles. The fourth-order valence-electron chi connectivity index (χ4n) is 4.43. The van der Waals surface area contributed by atoms with E-state index in [0.29, 0.717) is 13.0 Å². The van der Waals surface area contributed by atoms with E-state index in [0.717, 1.165) is 32.5 Å². The lowest BCUT2D eigenvalue weighted by Crippen LogP contribution is -2.59. The van der Waals surface area contributed by atoms with Crippen LogP contribution in [-0.4, -0.2) is 75.6 Å². The van der Waals surface area contributed by atoms with Gasteiger partial charge in [-0.1, -0.05) is 55.4 Å². The van der Waals surface area contributed by atoms with Gasteiger partial charge in [0.25, 0.3) is 0 Å². The zero-order valence-corrected chi connectivity index (χ0v) is 28.1. The topological polar surface area (TPSA) is 55.8 Å². The van der Waals surface area contributed by atoms with Crippen LogP contribution in [0.3, 0.4) is 0 Å². The van der Waals surface area contributed by atoms with Gasteiger partial charge in [0.05, 0.1) is 6.10 Å². The lowest BCUT2D eigenvalue weighted by atomic mass is 9.69. The quantitative estimate of drug-likeness (QED) is 0.218. The van der Waals surface area contributed by atoms with Crippen molar-refractivity contribution in [3.63, 3.8) is 0 Å². The van der Waals surface area contributed by atoms with E-state index in [1.807, 2.05) is 6.92 Å². The zero-order valence-electron chi connectivity index (χ0n) is 27.4. The lowest BCUT2D eigenvalue weighted by molar-refractivity contribution is -0.142. The second kappa shape index (κ2) is 13.3. The van der Waals surface area contributed by atoms with Crippen LogP contribution in [0.15, 0.2) is 0 Å². The van der Waals surface area contributed by atoms with Crippen LogP contribution in [0.5, 0.6) is 0 Å². The van der Waals surface area contributed by atoms with Crippen molar-refractivity contribution in [3.8, 4) is 0 Å². The average Bonchev–Trinajstić information content (AvgIpc) is 2.73. The number of nitrogens with one attached hydrogen (secondary N) is 1. The summed E-state index contributed by atoms with van der Waals surface area (Å²) in [4.78, 5) is 17.8. The molecule has 222 valence electrons. The second-order valence-corrected chi connectivity index (χ2v) is 16.0. The molecule has 0 bridgehead atoms. The van der Waals surface area contributed by atoms with Gasteiger partial charge in [-0.25, -0.2) is 0 Å². The smallest absolute Gasteiger partial charge is 0.222 e. The average molecular weight is 546 g/mol. The van der Waals surface area contributed by atoms with E-state index in [-0.39, 0.29) is 44.6 Å². The minimum absolute atomic E-state index is 0.00845. The molecular weight excluding hydrogens is 482 g/mol. The number of nitrogens with zero attached hydrogens (tertiary/aromatic N) is 2. The predicted molar refractivity (Wildman–Crippen MR) is 162 cm³/mol. The van der Waals surface area contributed by atoms with Crippen LogP contribution in [0.1, 0.15) is 123 Å². The minimum atomic E-state index is -0.548. The molecule has 0 aliphatic rings. The molecule has 0 heterocycles. The van der Waals surface area contributed by atoms with Crippen LogP contribution in [-0.2, 0) is 4.79 Å². The van der Waals surface area contributed by atoms with Crippen molar-refractivity contribution in [1.82, 2.24) is 15.1 Å². The summed E-state index contributed by atoms with van der Waals surface area (Å²) in [5.41, 5.74) is -0.430. The monoisotopic (exact) mass is 545 g/mol. The number of hydrogen-bond donors (Lipinski definition) is 2. The van der Waals surface area contributed by atoms with Gasteiger partial charge in [-0.15, -0.1) is 11.6 Å². The number of amides is 1. The Hall–Kier alpha value is -0.360. The van der Waals surface area contributed by atoms with Crippen LogP contribution in [0.25, 0.3) is 0 Å². The second-order valence-electron chi connectivity index (χ2n) is 15.7. The van der Waals surface area contributed by atoms with Gasteiger partial charge < -0.3 is 15.3 Å². The summed E-state index contributed by atoms with van der Waals surface area (Å²) in [7, 11) is 0. The largest absolute Gasteiger partial charge is 0.391 e. The highest BCUT2D eigenvalue weighted by molar-refractivity contribution is 6.18. The van der Waals surface area contributed by atoms with Gasteiger partial charge >= 0.3 is 0 Å². The van der Waals surface area contributed by atoms with Gasteiger partial charge in [0.1, 0.15) is 0 Å². The number of rotatable bonds is 15. The number of carbonyl (C=O) groups excluding carboxylic acids is 1. The van der Waals surface area contributed by atoms with E-state index in [4.69, 9.17) is 11.6 Å². The number of halogens is 1. The van der Waals surface area contributed by atoms with E-state index in [2.05, 4.69) is 112 Å². The third-order valence-corrected chi connectivity index (χ3v) is 9.57. The first kappa shape index (κ1) is 36.6. The molecule has 0 aliphatic carbocycles. The Morgan fingerprint density at radius 3 is 1.73 bits per heavy atom. The van der Waals surface area contributed by atoms with Crippen molar-refractivity contribution in [2.75, 3.05) is 32.1 Å². The Morgan fingerprint density at radius 1 is 0.838 bits per heavy atom. The van der Waals surface area contributed by atoms with Crippen molar-refractivity contribution >= 4 is 17.5 Å². The number of β-amino-alcohol motifs (C(OH)–C–C–N with tert-alkyl or cyclic N) is 1. The normalized spacial score (nSPS) is 15.3. The highest BCUT2D eigenvalue weighted by Crippen LogP contribution is 2.42. The summed E-state index contributed by atoms with van der Waals surface area (Å²) in [6.07, 6.45) is 1.77. The molecule has 0 aliphatic heterocycles. The summed E-state index contributed by atoms with van der Waals surface area (Å²) in [5.74, 6) is 0.441. The number of alkyl halides is 1. The number of hydrogen-bond acceptors (Lipinski definition) is 4. The molecule has 0 aromatic heterocycles. The summed E-state index contributed by atoms with van der Waals surface area (Å²) in [5, 5.41) is 14.0. The number of aliphatic hydroxyl groups is 1. The third-order valence-electron chi connectivity index (χ3n) is 9.21. The van der Waals surface area contributed by atoms with Gasteiger partial charge in [-0.05, 0) is 84.1 Å². The molecule has 6 heteroatoms. The minimum Gasteiger partial charge on any atom is -0.391 e. The Balaban J connectivity index is 5.80. The molecule has 0 fully saturated rings. The summed E-state index contributed by atoms with van der Waals surface area (Å²) >= 11 is 5.92. The number of aliphatic hydroxyl groups excluding tert-OH is 1. The van der Waals surface area contributed by atoms with Crippen molar-refractivity contribution in [3.05, 3.63) is 0 Å². The molecular formula is C31H64ClN3O2. The van der Waals surface area contributed by atoms with Gasteiger partial charge in [0, 0.05) is 48.6 Å². The van der Waals surface area contributed by atoms with Crippen LogP contribution in [0.4, 0.5) is 0 Å². The maximum Gasteiger partial charge on any atom is 0.222 e. The summed E-state index contributed by atoms with van der Waals surface area (Å²) in [6.45, 7) is 36.5. The molecule has 1 amide bonds. The van der Waals surface area contributed by atoms with E-state index in [1.165, 1.54) is 0 Å². The van der Waals surface area contributed by atoms with Crippen molar-refractivity contribution in [2.24, 2.45) is 16.2 Å². The highest BCUT2D eigenvalue weighted by atomic mass is 35.5. The van der Waals surface area contributed by atoms with Gasteiger partial charge in [-0.2, -0.15) is 0 Å². The van der Waals surface area contributed by atoms with Gasteiger partial charge in [0.15, 0.2) is 0 Å². The van der Waals surface area contributed by atoms with Crippen molar-refractivity contribution < 1.29 is 9.90 Å². The fourth-order valence-corrected chi connectivity index (χ4v) is 4.52. The van der Waals surface area contributed by atoms with Crippen LogP contribution >= 0.6 is 11.6 Å². The molecule has 1 unspecified atom stereocenters. The standard InChI is InChI=1S/C31H64ClN3O2/c1-16-25(37)35(20-18-28(8,9)30(12,13)33-23-26(2,3)4)31(14,15)29(10,11)17-19-34(27(5,6)7)22-24(36)21-32/h24,33,36H,16-23H2,1-15H3. The molecule has 2 N–H and O–H groups in total. The van der Waals surface area contributed by atoms with Crippen LogP contribution in [0.2, 0.25) is 0 Å². The Morgan fingerprint density at radius 2 is 1.32 bits per heavy atom. The fraction of sp³-hybridized carbons (Fsp3) is 0.968. The molecule has 0 aromatic rings. The maximum atomic E-state index is 13.4. The molecule has 37 heavy (non-hydrogen) atoms. The molecule has 0 saturated heterocycles. The van der Waals surface area contributed by atoms with Crippen LogP contribution < -0.4 is 5.32 Å². The summed E-state index contributed by atoms with van der Waals surface area (Å²) in [6, 6.07) is 0. The summed E-state index contributed by atoms with van der Waals surface area (Å²) < 4.78 is 0. The molecule has 0 radical (unpaired) electrons. The van der Waals surface area contributed by atoms with E-state index in [9.17, 15) is 9.90 Å². The first-order valence-corrected chi connectivity index (χ1v) is 14.9. The first-order chi connectivity index (χ1) is 16.3. The SMILES string of the molecule is CCC(=O)N(CCC(C)(C)C(C)(C)NCC(C)(C)C)C(C)(C)C(C)(C)CCN(CC(O)CCl)C(C)(C)C. The van der Waals surface area contributed by atoms with Crippen LogP contribution in [0, 0.1) is 16.2 Å². The first-order valence-electron chi connectivity index (χ1n) is 14.4. The Labute approximate surface area is 236 Å². The molecule has 0 aromatic carbocycles. The van der Waals surface area contributed by atoms with E-state index >= 15 is 0 Å². The predicted octanol–water partition coefficient (Wildman–Crippen LogP) is 6.95. The Kier molecular flexibility index (Phi) is 13.2. The van der Waals surface area contributed by atoms with Crippen molar-refractivity contribution in [1.29, 1.82) is 0 Å². The molecule has 5 nitrogen and oxygen atoms in total. The third kappa shape index (κ3) is 11.0. The van der Waals surface area contributed by atoms with Crippen molar-refractivity contribution in [2.45, 2.75) is 146 Å². The Bertz CT molecular complexity index is 702. The molecule has 1 atom stereocenters. The van der Waals surface area contributed by atoms with Gasteiger partial charge in [0.2, 0.25) is 5.91 Å². The molecule has 0 spiro atoms. The van der Waals surface area contributed by atoms with Gasteiger partial charge in [-0.3, -0.25) is 9.69 Å². The zero-order chi connectivity index (χ0) is 29.7. The maximum absolute atomic E-state index is 13.4. The highest BCUT2D eigenvalue weighted by Gasteiger charge is 2.45. The molecule has 0 rings (SSSR count). The van der Waals surface area contributed by atoms with E-state index in [1.54, 1.807) is 0 Å². The van der Waals surface area contributed by atoms with E-state index < -0.39 is 6.10 Å². The number of carbonyl (C=O) groups is 1.